The van der Waals surface area contributed by atoms with Crippen molar-refractivity contribution in [2.24, 2.45) is 5.10 Å². The topological polar surface area (TPSA) is 53.5 Å². The highest BCUT2D eigenvalue weighted by Crippen LogP contribution is 2.12. The molecule has 0 saturated heterocycles. The summed E-state index contributed by atoms with van der Waals surface area (Å²) in [5.41, 5.74) is 6.71. The Kier molecular flexibility index (Phi) is 7.02. The van der Waals surface area contributed by atoms with Crippen LogP contribution in [0.25, 0.3) is 0 Å². The first-order valence-electron chi connectivity index (χ1n) is 8.41. The molecule has 0 heterocycles. The van der Waals surface area contributed by atoms with Crippen molar-refractivity contribution >= 4 is 17.3 Å². The first kappa shape index (κ1) is 17.7. The summed E-state index contributed by atoms with van der Waals surface area (Å²) in [4.78, 5) is 12.1. The molecule has 0 aliphatic rings. The molecule has 0 bridgehead atoms. The Morgan fingerprint density at radius 1 is 1.04 bits per heavy atom. The number of hydrogen-bond donors (Lipinski definition) is 2. The molecule has 0 atom stereocenters. The number of hydrogen-bond acceptors (Lipinski definition) is 3. The second kappa shape index (κ2) is 9.50. The lowest BCUT2D eigenvalue weighted by Crippen LogP contribution is -2.27. The summed E-state index contributed by atoms with van der Waals surface area (Å²) in [5, 5.41) is 7.48. The van der Waals surface area contributed by atoms with Gasteiger partial charge in [0.15, 0.2) is 0 Å². The molecule has 2 aromatic rings. The van der Waals surface area contributed by atoms with E-state index in [4.69, 9.17) is 0 Å². The maximum atomic E-state index is 12.1. The van der Waals surface area contributed by atoms with Gasteiger partial charge >= 0.3 is 0 Å². The van der Waals surface area contributed by atoms with E-state index in [0.29, 0.717) is 0 Å². The summed E-state index contributed by atoms with van der Waals surface area (Å²) >= 11 is 0. The van der Waals surface area contributed by atoms with Gasteiger partial charge in [-0.2, -0.15) is 5.10 Å². The number of carbonyl (C=O) groups excluding carboxylic acids is 1. The number of aryl methyl sites for hydroxylation is 1. The molecule has 0 aromatic heterocycles. The van der Waals surface area contributed by atoms with Crippen molar-refractivity contribution in [3.8, 4) is 0 Å². The molecule has 0 aliphatic carbocycles. The molecule has 0 fully saturated rings. The lowest BCUT2D eigenvalue weighted by molar-refractivity contribution is -0.119. The van der Waals surface area contributed by atoms with E-state index in [1.165, 1.54) is 0 Å². The molecule has 0 aliphatic heterocycles. The minimum absolute atomic E-state index is 0.150. The van der Waals surface area contributed by atoms with Gasteiger partial charge in [0.2, 0.25) is 0 Å². The molecule has 1 amide bonds. The molecule has 0 saturated carbocycles. The summed E-state index contributed by atoms with van der Waals surface area (Å²) in [5.74, 6) is -0.150. The second-order valence-electron chi connectivity index (χ2n) is 5.73. The van der Waals surface area contributed by atoms with Crippen LogP contribution in [0.4, 0.5) is 5.69 Å². The van der Waals surface area contributed by atoms with E-state index in [1.807, 2.05) is 61.5 Å². The van der Waals surface area contributed by atoms with Gasteiger partial charge in [0.25, 0.3) is 5.91 Å². The summed E-state index contributed by atoms with van der Waals surface area (Å²) in [6, 6.07) is 17.9. The fourth-order valence-corrected chi connectivity index (χ4v) is 2.36. The first-order valence-corrected chi connectivity index (χ1v) is 8.41. The number of carbonyl (C=O) groups is 1. The van der Waals surface area contributed by atoms with Crippen LogP contribution in [-0.4, -0.2) is 18.2 Å². The van der Waals surface area contributed by atoms with E-state index in [1.54, 1.807) is 0 Å². The number of nitrogens with one attached hydrogen (secondary N) is 2. The van der Waals surface area contributed by atoms with Crippen molar-refractivity contribution < 1.29 is 4.79 Å². The highest BCUT2D eigenvalue weighted by molar-refractivity contribution is 6.01. The minimum Gasteiger partial charge on any atom is -0.376 e. The zero-order valence-corrected chi connectivity index (χ0v) is 14.4. The highest BCUT2D eigenvalue weighted by Gasteiger charge is 2.05. The van der Waals surface area contributed by atoms with E-state index in [-0.39, 0.29) is 12.5 Å². The van der Waals surface area contributed by atoms with Crippen molar-refractivity contribution in [2.45, 2.75) is 33.1 Å². The third kappa shape index (κ3) is 5.54. The number of unbranched alkanes of at least 4 members (excludes halogenated alkanes) is 1. The summed E-state index contributed by atoms with van der Waals surface area (Å²) < 4.78 is 0. The predicted molar refractivity (Wildman–Crippen MR) is 100 cm³/mol. The standard InChI is InChI=1S/C20H25N3O/c1-3-4-13-19(17-11-6-5-7-12-17)22-23-20(24)15-21-18-14-9-8-10-16(18)2/h5-12,14,21H,3-4,13,15H2,1-2H3,(H,23,24)/b22-19-. The quantitative estimate of drug-likeness (QED) is 0.567. The minimum atomic E-state index is -0.150. The highest BCUT2D eigenvalue weighted by atomic mass is 16.2. The van der Waals surface area contributed by atoms with Crippen LogP contribution >= 0.6 is 0 Å². The van der Waals surface area contributed by atoms with Crippen LogP contribution in [0.1, 0.15) is 37.3 Å². The normalized spacial score (nSPS) is 11.2. The van der Waals surface area contributed by atoms with Gasteiger partial charge in [-0.1, -0.05) is 61.9 Å². The van der Waals surface area contributed by atoms with Gasteiger partial charge in [0.05, 0.1) is 12.3 Å². The molecule has 0 radical (unpaired) electrons. The molecule has 4 heteroatoms. The Hall–Kier alpha value is -2.62. The van der Waals surface area contributed by atoms with Crippen molar-refractivity contribution in [3.05, 3.63) is 65.7 Å². The number of hydrazone groups is 1. The van der Waals surface area contributed by atoms with E-state index >= 15 is 0 Å². The molecule has 2 aromatic carbocycles. The summed E-state index contributed by atoms with van der Waals surface area (Å²) in [6.07, 6.45) is 2.99. The predicted octanol–water partition coefficient (Wildman–Crippen LogP) is 4.12. The monoisotopic (exact) mass is 323 g/mol. The number of nitrogens with zero attached hydrogens (tertiary/aromatic N) is 1. The van der Waals surface area contributed by atoms with Gasteiger partial charge in [-0.15, -0.1) is 0 Å². The average Bonchev–Trinajstić information content (AvgIpc) is 2.62. The van der Waals surface area contributed by atoms with Gasteiger partial charge in [-0.25, -0.2) is 5.43 Å². The second-order valence-corrected chi connectivity index (χ2v) is 5.73. The number of para-hydroxylation sites is 1. The van der Waals surface area contributed by atoms with Crippen LogP contribution in [0.2, 0.25) is 0 Å². The number of anilines is 1. The lowest BCUT2D eigenvalue weighted by atomic mass is 10.1. The molecule has 2 N–H and O–H groups in total. The Morgan fingerprint density at radius 2 is 1.75 bits per heavy atom. The number of benzene rings is 2. The van der Waals surface area contributed by atoms with Crippen LogP contribution in [0.3, 0.4) is 0 Å². The molecular formula is C20H25N3O. The van der Waals surface area contributed by atoms with Crippen molar-refractivity contribution in [1.29, 1.82) is 0 Å². The van der Waals surface area contributed by atoms with Crippen LogP contribution in [0, 0.1) is 6.92 Å². The van der Waals surface area contributed by atoms with E-state index < -0.39 is 0 Å². The van der Waals surface area contributed by atoms with Crippen molar-refractivity contribution in [1.82, 2.24) is 5.43 Å². The maximum absolute atomic E-state index is 12.1. The summed E-state index contributed by atoms with van der Waals surface area (Å²) in [6.45, 7) is 4.36. The molecule has 4 nitrogen and oxygen atoms in total. The van der Waals surface area contributed by atoms with Gasteiger partial charge in [0, 0.05) is 5.69 Å². The Labute approximate surface area is 144 Å². The van der Waals surface area contributed by atoms with Crippen molar-refractivity contribution in [2.75, 3.05) is 11.9 Å². The largest absolute Gasteiger partial charge is 0.376 e. The van der Waals surface area contributed by atoms with E-state index in [9.17, 15) is 4.79 Å². The van der Waals surface area contributed by atoms with E-state index in [2.05, 4.69) is 22.8 Å². The molecule has 0 spiro atoms. The summed E-state index contributed by atoms with van der Waals surface area (Å²) in [7, 11) is 0. The smallest absolute Gasteiger partial charge is 0.259 e. The Bertz CT molecular complexity index is 680. The van der Waals surface area contributed by atoms with Crippen LogP contribution in [0.5, 0.6) is 0 Å². The SMILES string of the molecule is CCCC/C(=N/NC(=O)CNc1ccccc1C)c1ccccc1. The Morgan fingerprint density at radius 3 is 2.46 bits per heavy atom. The van der Waals surface area contributed by atoms with Crippen LogP contribution < -0.4 is 10.7 Å². The first-order chi connectivity index (χ1) is 11.7. The zero-order chi connectivity index (χ0) is 17.2. The number of amides is 1. The van der Waals surface area contributed by atoms with Gasteiger partial charge < -0.3 is 5.32 Å². The fraction of sp³-hybridized carbons (Fsp3) is 0.300. The van der Waals surface area contributed by atoms with Crippen LogP contribution in [-0.2, 0) is 4.79 Å². The molecule has 126 valence electrons. The van der Waals surface area contributed by atoms with Gasteiger partial charge in [-0.3, -0.25) is 4.79 Å². The molecule has 2 rings (SSSR count). The van der Waals surface area contributed by atoms with E-state index in [0.717, 1.165) is 41.8 Å². The number of rotatable bonds is 8. The average molecular weight is 323 g/mol. The van der Waals surface area contributed by atoms with Crippen LogP contribution in [0.15, 0.2) is 59.7 Å². The van der Waals surface area contributed by atoms with Gasteiger partial charge in [-0.05, 0) is 37.0 Å². The molecule has 24 heavy (non-hydrogen) atoms. The van der Waals surface area contributed by atoms with Gasteiger partial charge in [0.1, 0.15) is 0 Å². The van der Waals surface area contributed by atoms with Crippen molar-refractivity contribution in [3.63, 3.8) is 0 Å². The zero-order valence-electron chi connectivity index (χ0n) is 14.4. The third-order valence-electron chi connectivity index (χ3n) is 3.77. The third-order valence-corrected chi connectivity index (χ3v) is 3.77. The molecule has 0 unspecified atom stereocenters. The maximum Gasteiger partial charge on any atom is 0.259 e. The lowest BCUT2D eigenvalue weighted by Gasteiger charge is -2.09. The fourth-order valence-electron chi connectivity index (χ4n) is 2.36. The molecular weight excluding hydrogens is 298 g/mol. The Balaban J connectivity index is 1.95.